The Kier molecular flexibility index (Phi) is 5.42. The molecule has 3 N–H and O–H groups in total. The number of carbonyl (C=O) groups is 2. The number of Topliss-reactive ketones (excluding diaryl/α,β-unsaturated/α-hetero) is 1. The molecule has 9 heteroatoms. The first kappa shape index (κ1) is 19.0. The highest BCUT2D eigenvalue weighted by Crippen LogP contribution is 2.32. The van der Waals surface area contributed by atoms with E-state index in [1.54, 1.807) is 13.0 Å². The van der Waals surface area contributed by atoms with Gasteiger partial charge in [0.05, 0.1) is 17.5 Å². The minimum absolute atomic E-state index is 0.0654. The number of ether oxygens (including phenoxy) is 1. The van der Waals surface area contributed by atoms with Gasteiger partial charge in [-0.2, -0.15) is 0 Å². The number of nitrogens with two attached hydrogens (primary N) is 1. The maximum atomic E-state index is 12.5. The zero-order chi connectivity index (χ0) is 18.9. The number of anilines is 1. The van der Waals surface area contributed by atoms with Crippen LogP contribution < -0.4 is 10.5 Å². The number of morpholine rings is 1. The summed E-state index contributed by atoms with van der Waals surface area (Å²) in [4.78, 5) is 26.6. The van der Waals surface area contributed by atoms with E-state index in [1.807, 2.05) is 4.90 Å². The molecule has 1 heterocycles. The lowest BCUT2D eigenvalue weighted by Gasteiger charge is -2.35. The number of primary sulfonamides is 1. The number of carbonyl (C=O) groups excluding carboxylic acids is 2. The Morgan fingerprint density at radius 3 is 2.73 bits per heavy atom. The molecule has 0 aromatic heterocycles. The van der Waals surface area contributed by atoms with Crippen LogP contribution in [0.3, 0.4) is 0 Å². The Morgan fingerprint density at radius 2 is 2.08 bits per heavy atom. The molecular formula is C17H23N3O5S. The van der Waals surface area contributed by atoms with Gasteiger partial charge in [0.1, 0.15) is 6.10 Å². The fourth-order valence-electron chi connectivity index (χ4n) is 2.99. The molecule has 2 unspecified atom stereocenters. The molecule has 8 nitrogen and oxygen atoms in total. The molecule has 0 radical (unpaired) electrons. The highest BCUT2D eigenvalue weighted by atomic mass is 32.2. The van der Waals surface area contributed by atoms with Gasteiger partial charge in [-0.25, -0.2) is 13.6 Å². The Morgan fingerprint density at radius 1 is 1.35 bits per heavy atom. The fraction of sp³-hybridized carbons (Fsp3) is 0.529. The van der Waals surface area contributed by atoms with Crippen LogP contribution in [0.5, 0.6) is 0 Å². The lowest BCUT2D eigenvalue weighted by molar-refractivity contribution is -0.141. The molecular weight excluding hydrogens is 358 g/mol. The molecule has 2 atom stereocenters. The van der Waals surface area contributed by atoms with Crippen molar-refractivity contribution in [2.24, 2.45) is 11.1 Å². The first-order valence-electron chi connectivity index (χ1n) is 8.59. The average molecular weight is 381 g/mol. The van der Waals surface area contributed by atoms with Gasteiger partial charge in [-0.1, -0.05) is 6.07 Å². The molecule has 3 rings (SSSR count). The minimum Gasteiger partial charge on any atom is -0.368 e. The number of hydrogen-bond acceptors (Lipinski definition) is 6. The van der Waals surface area contributed by atoms with Crippen molar-refractivity contribution >= 4 is 27.4 Å². The molecule has 0 spiro atoms. The number of amides is 1. The first-order chi connectivity index (χ1) is 12.3. The minimum atomic E-state index is -3.84. The number of nitrogens with zero attached hydrogens (tertiary/aromatic N) is 1. The van der Waals surface area contributed by atoms with Crippen LogP contribution in [-0.4, -0.2) is 56.9 Å². The van der Waals surface area contributed by atoms with Gasteiger partial charge < -0.3 is 10.1 Å². The van der Waals surface area contributed by atoms with E-state index in [0.717, 1.165) is 12.8 Å². The van der Waals surface area contributed by atoms with E-state index in [-0.39, 0.29) is 22.5 Å². The van der Waals surface area contributed by atoms with Crippen LogP contribution in [0.1, 0.15) is 19.8 Å². The van der Waals surface area contributed by atoms with Crippen molar-refractivity contribution in [1.82, 2.24) is 4.90 Å². The molecule has 1 aromatic rings. The van der Waals surface area contributed by atoms with E-state index in [0.29, 0.717) is 25.4 Å². The third-order valence-electron chi connectivity index (χ3n) is 4.75. The van der Waals surface area contributed by atoms with Gasteiger partial charge in [0.2, 0.25) is 15.9 Å². The summed E-state index contributed by atoms with van der Waals surface area (Å²) in [5.74, 6) is -0.0377. The van der Waals surface area contributed by atoms with E-state index < -0.39 is 22.2 Å². The Labute approximate surface area is 152 Å². The van der Waals surface area contributed by atoms with Gasteiger partial charge in [-0.15, -0.1) is 0 Å². The van der Waals surface area contributed by atoms with Crippen LogP contribution in [-0.2, 0) is 24.3 Å². The van der Waals surface area contributed by atoms with Crippen molar-refractivity contribution in [3.05, 3.63) is 24.3 Å². The van der Waals surface area contributed by atoms with E-state index in [9.17, 15) is 18.0 Å². The molecule has 1 amide bonds. The van der Waals surface area contributed by atoms with Gasteiger partial charge in [-0.3, -0.25) is 14.5 Å². The fourth-order valence-corrected chi connectivity index (χ4v) is 3.55. The summed E-state index contributed by atoms with van der Waals surface area (Å²) < 4.78 is 28.4. The summed E-state index contributed by atoms with van der Waals surface area (Å²) in [6.45, 7) is 3.10. The molecule has 1 saturated carbocycles. The predicted octanol–water partition coefficient (Wildman–Crippen LogP) is 0.341. The zero-order valence-electron chi connectivity index (χ0n) is 14.6. The molecule has 2 fully saturated rings. The van der Waals surface area contributed by atoms with Crippen molar-refractivity contribution in [3.63, 3.8) is 0 Å². The number of ketones is 1. The molecule has 1 aliphatic carbocycles. The molecule has 1 saturated heterocycles. The Bertz CT molecular complexity index is 806. The van der Waals surface area contributed by atoms with Gasteiger partial charge in [-0.05, 0) is 38.0 Å². The third-order valence-corrected chi connectivity index (χ3v) is 5.66. The van der Waals surface area contributed by atoms with Crippen molar-refractivity contribution in [2.75, 3.05) is 25.0 Å². The molecule has 0 bridgehead atoms. The highest BCUT2D eigenvalue weighted by Gasteiger charge is 2.39. The van der Waals surface area contributed by atoms with Gasteiger partial charge in [0, 0.05) is 24.7 Å². The van der Waals surface area contributed by atoms with E-state index >= 15 is 0 Å². The van der Waals surface area contributed by atoms with Crippen LogP contribution >= 0.6 is 0 Å². The van der Waals surface area contributed by atoms with Crippen molar-refractivity contribution in [3.8, 4) is 0 Å². The van der Waals surface area contributed by atoms with Gasteiger partial charge in [0.15, 0.2) is 5.78 Å². The van der Waals surface area contributed by atoms with Gasteiger partial charge >= 0.3 is 0 Å². The average Bonchev–Trinajstić information content (AvgIpc) is 3.45. The predicted molar refractivity (Wildman–Crippen MR) is 95.0 cm³/mol. The number of nitrogens with one attached hydrogen (secondary N) is 1. The summed E-state index contributed by atoms with van der Waals surface area (Å²) >= 11 is 0. The number of hydrogen-bond donors (Lipinski definition) is 2. The monoisotopic (exact) mass is 381 g/mol. The van der Waals surface area contributed by atoms with Crippen LogP contribution in [0.15, 0.2) is 29.2 Å². The summed E-state index contributed by atoms with van der Waals surface area (Å²) in [5, 5.41) is 7.82. The van der Waals surface area contributed by atoms with Crippen LogP contribution in [0.4, 0.5) is 5.69 Å². The third kappa shape index (κ3) is 4.47. The Balaban J connectivity index is 1.63. The largest absolute Gasteiger partial charge is 0.368 e. The second-order valence-electron chi connectivity index (χ2n) is 6.77. The Hall–Kier alpha value is -1.81. The van der Waals surface area contributed by atoms with E-state index in [2.05, 4.69) is 5.32 Å². The molecule has 1 aromatic carbocycles. The summed E-state index contributed by atoms with van der Waals surface area (Å²) in [6, 6.07) is 5.31. The van der Waals surface area contributed by atoms with Crippen LogP contribution in [0, 0.1) is 5.92 Å². The maximum absolute atomic E-state index is 12.5. The lowest BCUT2D eigenvalue weighted by Crippen LogP contribution is -2.53. The van der Waals surface area contributed by atoms with E-state index in [1.165, 1.54) is 18.2 Å². The first-order valence-corrected chi connectivity index (χ1v) is 10.1. The maximum Gasteiger partial charge on any atom is 0.241 e. The summed E-state index contributed by atoms with van der Waals surface area (Å²) in [5.41, 5.74) is 0.354. The highest BCUT2D eigenvalue weighted by molar-refractivity contribution is 7.89. The van der Waals surface area contributed by atoms with E-state index in [4.69, 9.17) is 9.88 Å². The molecule has 142 valence electrons. The lowest BCUT2D eigenvalue weighted by atomic mass is 10.1. The topological polar surface area (TPSA) is 119 Å². The van der Waals surface area contributed by atoms with Crippen molar-refractivity contribution < 1.29 is 22.7 Å². The SMILES string of the molecule is CC(C(=O)Nc1cccc(S(N)(=O)=O)c1)N1CCOC(C(=O)C2CC2)C1. The smallest absolute Gasteiger partial charge is 0.241 e. The van der Waals surface area contributed by atoms with Crippen molar-refractivity contribution in [1.29, 1.82) is 0 Å². The molecule has 26 heavy (non-hydrogen) atoms. The standard InChI is InChI=1S/C17H23N3O5S/c1-11(20-7-8-25-15(10-20)16(21)12-5-6-12)17(22)19-13-3-2-4-14(9-13)26(18,23)24/h2-4,9,11-12,15H,5-8,10H2,1H3,(H,19,22)(H2,18,23,24). The van der Waals surface area contributed by atoms with Crippen LogP contribution in [0.25, 0.3) is 0 Å². The second-order valence-corrected chi connectivity index (χ2v) is 8.33. The summed E-state index contributed by atoms with van der Waals surface area (Å²) in [6.07, 6.45) is 1.38. The second kappa shape index (κ2) is 7.43. The number of sulfonamides is 1. The quantitative estimate of drug-likeness (QED) is 0.733. The number of rotatable bonds is 6. The summed E-state index contributed by atoms with van der Waals surface area (Å²) in [7, 11) is -3.84. The van der Waals surface area contributed by atoms with Crippen molar-refractivity contribution in [2.45, 2.75) is 36.8 Å². The normalized spacial score (nSPS) is 22.6. The molecule has 2 aliphatic rings. The zero-order valence-corrected chi connectivity index (χ0v) is 15.4. The van der Waals surface area contributed by atoms with Gasteiger partial charge in [0.25, 0.3) is 0 Å². The molecule has 1 aliphatic heterocycles. The van der Waals surface area contributed by atoms with Crippen LogP contribution in [0.2, 0.25) is 0 Å². The number of benzene rings is 1.